The van der Waals surface area contributed by atoms with Crippen LogP contribution in [0.5, 0.6) is 0 Å². The van der Waals surface area contributed by atoms with E-state index < -0.39 is 84.7 Å². The molecule has 0 aromatic rings. The van der Waals surface area contributed by atoms with Gasteiger partial charge < -0.3 is 50.4 Å². The maximum Gasteiger partial charge on any atom is 0.252 e. The van der Waals surface area contributed by atoms with Crippen molar-refractivity contribution in [1.29, 1.82) is 0 Å². The zero-order valence-corrected chi connectivity index (χ0v) is 23.8. The van der Waals surface area contributed by atoms with Crippen LogP contribution in [0.1, 0.15) is 60.8 Å². The Morgan fingerprint density at radius 1 is 1.08 bits per heavy atom. The molecule has 0 aromatic heterocycles. The second-order valence-electron chi connectivity index (χ2n) is 11.6. The molecule has 2 aliphatic rings. The second-order valence-corrected chi connectivity index (χ2v) is 11.6. The molecule has 1 amide bonds. The number of carbonyl (C=O) groups excluding carboxylic acids is 1. The van der Waals surface area contributed by atoms with Gasteiger partial charge in [0.05, 0.1) is 24.4 Å². The standard InChI is InChI=1S/C25H47N5O9/c1-7-25(6,8-2)39-19-16(33)17(34)23(38-20(19)22(35)28-10-9-11-29-30-27)37-18-14(26)21(24(3,4)5)36-13(12-31)15(18)32/h13-21,23,31-34H,7-12,26H2,1-6H3,(H,28,35)/t13?,14?,15-,16?,17+,18-,19+,20?,21-,23-/m1/s1. The van der Waals surface area contributed by atoms with Gasteiger partial charge in [0.2, 0.25) is 0 Å². The van der Waals surface area contributed by atoms with Crippen LogP contribution >= 0.6 is 0 Å². The SMILES string of the molecule is CCC(C)(CC)O[C@@H]1C(C(=O)NCCCN=[N+]=[N-])O[C@@H](O[C@@H]2C(N)[C@H](C(C)(C)C)OC(CO)[C@H]2O)[C@@H](O)C1O. The van der Waals surface area contributed by atoms with E-state index in [0.717, 1.165) is 0 Å². The molecule has 14 heteroatoms. The maximum atomic E-state index is 13.2. The summed E-state index contributed by atoms with van der Waals surface area (Å²) in [5.74, 6) is -0.618. The highest BCUT2D eigenvalue weighted by Crippen LogP contribution is 2.36. The first-order valence-electron chi connectivity index (χ1n) is 13.6. The number of hydrogen-bond acceptors (Lipinski definition) is 11. The van der Waals surface area contributed by atoms with Crippen LogP contribution in [0.2, 0.25) is 0 Å². The van der Waals surface area contributed by atoms with Gasteiger partial charge in [0, 0.05) is 18.0 Å². The van der Waals surface area contributed by atoms with E-state index in [9.17, 15) is 25.2 Å². The summed E-state index contributed by atoms with van der Waals surface area (Å²) in [5, 5.41) is 48.9. The summed E-state index contributed by atoms with van der Waals surface area (Å²) in [4.78, 5) is 15.9. The Labute approximate surface area is 229 Å². The zero-order valence-electron chi connectivity index (χ0n) is 23.8. The molecule has 0 aliphatic carbocycles. The van der Waals surface area contributed by atoms with E-state index in [2.05, 4.69) is 15.3 Å². The Kier molecular flexibility index (Phi) is 12.4. The van der Waals surface area contributed by atoms with Crippen LogP contribution < -0.4 is 11.1 Å². The van der Waals surface area contributed by atoms with Crippen LogP contribution in [-0.2, 0) is 23.7 Å². The number of hydrogen-bond donors (Lipinski definition) is 6. The number of nitrogens with zero attached hydrogens (tertiary/aromatic N) is 3. The monoisotopic (exact) mass is 561 g/mol. The van der Waals surface area contributed by atoms with Crippen molar-refractivity contribution < 1.29 is 44.2 Å². The van der Waals surface area contributed by atoms with Crippen LogP contribution in [0.15, 0.2) is 5.11 Å². The zero-order chi connectivity index (χ0) is 29.5. The number of nitrogens with one attached hydrogen (secondary N) is 1. The predicted molar refractivity (Wildman–Crippen MR) is 140 cm³/mol. The van der Waals surface area contributed by atoms with Gasteiger partial charge in [-0.1, -0.05) is 39.7 Å². The van der Waals surface area contributed by atoms with Crippen molar-refractivity contribution in [3.63, 3.8) is 0 Å². The summed E-state index contributed by atoms with van der Waals surface area (Å²) in [6.07, 6.45) is -10.1. The average molecular weight is 562 g/mol. The molecule has 2 aliphatic heterocycles. The largest absolute Gasteiger partial charge is 0.394 e. The number of amides is 1. The van der Waals surface area contributed by atoms with Crippen molar-refractivity contribution in [2.75, 3.05) is 19.7 Å². The average Bonchev–Trinajstić information content (AvgIpc) is 2.89. The van der Waals surface area contributed by atoms with Crippen molar-refractivity contribution in [3.05, 3.63) is 10.4 Å². The van der Waals surface area contributed by atoms with Gasteiger partial charge in [-0.15, -0.1) is 0 Å². The molecule has 2 rings (SSSR count). The highest BCUT2D eigenvalue weighted by molar-refractivity contribution is 5.81. The van der Waals surface area contributed by atoms with Gasteiger partial charge in [-0.3, -0.25) is 4.79 Å². The molecule has 7 N–H and O–H groups in total. The van der Waals surface area contributed by atoms with Gasteiger partial charge in [0.1, 0.15) is 36.6 Å². The van der Waals surface area contributed by atoms with Crippen LogP contribution in [0.3, 0.4) is 0 Å². The molecule has 10 atom stereocenters. The van der Waals surface area contributed by atoms with E-state index in [0.29, 0.717) is 19.3 Å². The third-order valence-corrected chi connectivity index (χ3v) is 7.61. The van der Waals surface area contributed by atoms with Crippen molar-refractivity contribution in [2.45, 2.75) is 128 Å². The Bertz CT molecular complexity index is 833. The molecule has 0 radical (unpaired) electrons. The highest BCUT2D eigenvalue weighted by atomic mass is 16.7. The lowest BCUT2D eigenvalue weighted by molar-refractivity contribution is -0.336. The molecule has 0 saturated carbocycles. The molecule has 4 unspecified atom stereocenters. The Morgan fingerprint density at radius 2 is 1.72 bits per heavy atom. The summed E-state index contributed by atoms with van der Waals surface area (Å²) >= 11 is 0. The first kappa shape index (κ1) is 33.6. The maximum absolute atomic E-state index is 13.2. The summed E-state index contributed by atoms with van der Waals surface area (Å²) in [7, 11) is 0. The first-order chi connectivity index (χ1) is 18.2. The van der Waals surface area contributed by atoms with Crippen LogP contribution in [-0.4, -0.2) is 113 Å². The van der Waals surface area contributed by atoms with Gasteiger partial charge in [-0.05, 0) is 37.1 Å². The molecule has 14 nitrogen and oxygen atoms in total. The van der Waals surface area contributed by atoms with Crippen molar-refractivity contribution in [3.8, 4) is 0 Å². The van der Waals surface area contributed by atoms with E-state index in [1.165, 1.54) is 0 Å². The summed E-state index contributed by atoms with van der Waals surface area (Å²) < 4.78 is 23.9. The number of aliphatic hydroxyl groups is 4. The van der Waals surface area contributed by atoms with Gasteiger partial charge >= 0.3 is 0 Å². The second kappa shape index (κ2) is 14.4. The van der Waals surface area contributed by atoms with E-state index in [-0.39, 0.29) is 13.1 Å². The molecule has 39 heavy (non-hydrogen) atoms. The molecule has 0 bridgehead atoms. The lowest BCUT2D eigenvalue weighted by Gasteiger charge is -2.50. The first-order valence-corrected chi connectivity index (χ1v) is 13.6. The van der Waals surface area contributed by atoms with Crippen molar-refractivity contribution >= 4 is 5.91 Å². The van der Waals surface area contributed by atoms with Crippen molar-refractivity contribution in [2.24, 2.45) is 16.3 Å². The Morgan fingerprint density at radius 3 is 2.26 bits per heavy atom. The quantitative estimate of drug-likeness (QED) is 0.0815. The van der Waals surface area contributed by atoms with E-state index in [4.69, 9.17) is 30.2 Å². The lowest BCUT2D eigenvalue weighted by atomic mass is 9.79. The molecule has 0 spiro atoms. The van der Waals surface area contributed by atoms with Gasteiger partial charge in [-0.25, -0.2) is 0 Å². The summed E-state index contributed by atoms with van der Waals surface area (Å²) in [5.41, 5.74) is 13.7. The Hall–Kier alpha value is -1.58. The van der Waals surface area contributed by atoms with Gasteiger partial charge in [-0.2, -0.15) is 0 Å². The van der Waals surface area contributed by atoms with E-state index >= 15 is 0 Å². The Balaban J connectivity index is 2.32. The van der Waals surface area contributed by atoms with Crippen molar-refractivity contribution in [1.82, 2.24) is 5.32 Å². The number of azide groups is 1. The van der Waals surface area contributed by atoms with Gasteiger partial charge in [0.15, 0.2) is 12.4 Å². The summed E-state index contributed by atoms with van der Waals surface area (Å²) in [6, 6.07) is -0.888. The number of aliphatic hydroxyl groups excluding tert-OH is 4. The number of carbonyl (C=O) groups is 1. The van der Waals surface area contributed by atoms with Gasteiger partial charge in [0.25, 0.3) is 5.91 Å². The molecule has 2 fully saturated rings. The smallest absolute Gasteiger partial charge is 0.252 e. The molecular weight excluding hydrogens is 514 g/mol. The van der Waals surface area contributed by atoms with Crippen LogP contribution in [0.25, 0.3) is 10.4 Å². The molecule has 2 saturated heterocycles. The summed E-state index contributed by atoms with van der Waals surface area (Å²) in [6.45, 7) is 11.2. The molecule has 2 heterocycles. The van der Waals surface area contributed by atoms with Crippen LogP contribution in [0, 0.1) is 5.41 Å². The molecule has 226 valence electrons. The third-order valence-electron chi connectivity index (χ3n) is 7.61. The number of ether oxygens (including phenoxy) is 4. The minimum absolute atomic E-state index is 0.169. The topological polar surface area (TPSA) is 222 Å². The number of rotatable bonds is 12. The fraction of sp³-hybridized carbons (Fsp3) is 0.960. The highest BCUT2D eigenvalue weighted by Gasteiger charge is 2.54. The minimum Gasteiger partial charge on any atom is -0.394 e. The predicted octanol–water partition coefficient (Wildman–Crippen LogP) is 0.0928. The fourth-order valence-electron chi connectivity index (χ4n) is 4.77. The molecule has 0 aromatic carbocycles. The van der Waals surface area contributed by atoms with Crippen LogP contribution in [0.4, 0.5) is 0 Å². The van der Waals surface area contributed by atoms with E-state index in [1.54, 1.807) is 0 Å². The lowest BCUT2D eigenvalue weighted by Crippen LogP contribution is -2.69. The minimum atomic E-state index is -1.65. The number of nitrogens with two attached hydrogens (primary N) is 1. The van der Waals surface area contributed by atoms with E-state index in [1.807, 2.05) is 41.5 Å². The normalized spacial score (nSPS) is 35.8. The fourth-order valence-corrected chi connectivity index (χ4v) is 4.77. The third kappa shape index (κ3) is 8.23. The molecular formula is C25H47N5O9.